The normalized spacial score (nSPS) is 20.8. The van der Waals surface area contributed by atoms with E-state index in [2.05, 4.69) is 16.0 Å². The van der Waals surface area contributed by atoms with Crippen LogP contribution in [-0.4, -0.2) is 65.1 Å². The number of carbonyl (C=O) groups is 1. The van der Waals surface area contributed by atoms with Gasteiger partial charge in [-0.2, -0.15) is 0 Å². The van der Waals surface area contributed by atoms with Crippen LogP contribution in [0.3, 0.4) is 0 Å². The molecule has 1 fully saturated rings. The Labute approximate surface area is 177 Å². The van der Waals surface area contributed by atoms with Crippen molar-refractivity contribution in [1.29, 1.82) is 0 Å². The Hall–Kier alpha value is -2.51. The van der Waals surface area contributed by atoms with Crippen molar-refractivity contribution in [3.63, 3.8) is 0 Å². The molecule has 1 spiro atoms. The molecule has 0 aliphatic carbocycles. The van der Waals surface area contributed by atoms with E-state index in [9.17, 15) is 4.79 Å². The molecular weight excluding hydrogens is 380 g/mol. The van der Waals surface area contributed by atoms with Crippen LogP contribution in [0.4, 0.5) is 0 Å². The summed E-state index contributed by atoms with van der Waals surface area (Å²) in [6.45, 7) is 6.53. The summed E-state index contributed by atoms with van der Waals surface area (Å²) in [6, 6.07) is 8.08. The SMILES string of the molecule is Cc1ncc2c(n1)C1(CCN(C(=O)CN3CCOc4ccccc4C3)CC1)OCC2. The molecule has 0 bridgehead atoms. The fraction of sp³-hybridized carbons (Fsp3) is 0.522. The van der Waals surface area contributed by atoms with Gasteiger partial charge < -0.3 is 14.4 Å². The van der Waals surface area contributed by atoms with Crippen molar-refractivity contribution >= 4 is 5.91 Å². The number of amides is 1. The molecule has 4 heterocycles. The lowest BCUT2D eigenvalue weighted by Crippen LogP contribution is -2.51. The molecule has 1 aromatic carbocycles. The van der Waals surface area contributed by atoms with Crippen molar-refractivity contribution in [2.24, 2.45) is 0 Å². The van der Waals surface area contributed by atoms with E-state index in [-0.39, 0.29) is 11.5 Å². The highest BCUT2D eigenvalue weighted by Gasteiger charge is 2.43. The predicted octanol–water partition coefficient (Wildman–Crippen LogP) is 2.07. The van der Waals surface area contributed by atoms with Gasteiger partial charge in [0.2, 0.25) is 5.91 Å². The monoisotopic (exact) mass is 408 g/mol. The van der Waals surface area contributed by atoms with Gasteiger partial charge in [-0.15, -0.1) is 0 Å². The summed E-state index contributed by atoms with van der Waals surface area (Å²) in [7, 11) is 0. The second kappa shape index (κ2) is 7.96. The molecule has 0 saturated carbocycles. The highest BCUT2D eigenvalue weighted by Crippen LogP contribution is 2.40. The van der Waals surface area contributed by atoms with Crippen LogP contribution >= 0.6 is 0 Å². The van der Waals surface area contributed by atoms with E-state index in [0.717, 1.165) is 55.2 Å². The number of likely N-dealkylation sites (tertiary alicyclic amines) is 1. The van der Waals surface area contributed by atoms with Crippen LogP contribution in [-0.2, 0) is 28.1 Å². The van der Waals surface area contributed by atoms with Crippen LogP contribution in [0.1, 0.15) is 35.5 Å². The van der Waals surface area contributed by atoms with Gasteiger partial charge in [-0.25, -0.2) is 9.97 Å². The zero-order chi connectivity index (χ0) is 20.6. The molecule has 0 unspecified atom stereocenters. The number of aryl methyl sites for hydroxylation is 1. The van der Waals surface area contributed by atoms with E-state index in [4.69, 9.17) is 14.5 Å². The molecule has 7 nitrogen and oxygen atoms in total. The lowest BCUT2D eigenvalue weighted by atomic mass is 9.83. The van der Waals surface area contributed by atoms with E-state index >= 15 is 0 Å². The second-order valence-corrected chi connectivity index (χ2v) is 8.43. The second-order valence-electron chi connectivity index (χ2n) is 8.43. The average Bonchev–Trinajstić information content (AvgIpc) is 2.96. The Morgan fingerprint density at radius 2 is 1.97 bits per heavy atom. The quantitative estimate of drug-likeness (QED) is 0.758. The van der Waals surface area contributed by atoms with Gasteiger partial charge in [0.15, 0.2) is 0 Å². The fourth-order valence-corrected chi connectivity index (χ4v) is 4.80. The van der Waals surface area contributed by atoms with Gasteiger partial charge in [-0.3, -0.25) is 9.69 Å². The minimum absolute atomic E-state index is 0.180. The first-order valence-corrected chi connectivity index (χ1v) is 10.8. The molecule has 7 heteroatoms. The molecular formula is C23H28N4O3. The van der Waals surface area contributed by atoms with Crippen molar-refractivity contribution < 1.29 is 14.3 Å². The minimum atomic E-state index is -0.368. The highest BCUT2D eigenvalue weighted by atomic mass is 16.5. The Morgan fingerprint density at radius 1 is 1.13 bits per heavy atom. The van der Waals surface area contributed by atoms with Gasteiger partial charge in [0.25, 0.3) is 0 Å². The molecule has 2 aromatic rings. The third-order valence-electron chi connectivity index (χ3n) is 6.48. The number of ether oxygens (including phenoxy) is 2. The molecule has 3 aliphatic rings. The Bertz CT molecular complexity index is 940. The van der Waals surface area contributed by atoms with Crippen LogP contribution in [0.25, 0.3) is 0 Å². The van der Waals surface area contributed by atoms with Gasteiger partial charge in [-0.1, -0.05) is 18.2 Å². The van der Waals surface area contributed by atoms with Gasteiger partial charge in [0.05, 0.1) is 18.8 Å². The maximum absolute atomic E-state index is 13.0. The summed E-state index contributed by atoms with van der Waals surface area (Å²) in [4.78, 5) is 26.3. The highest BCUT2D eigenvalue weighted by molar-refractivity contribution is 5.78. The summed E-state index contributed by atoms with van der Waals surface area (Å²) < 4.78 is 12.1. The smallest absolute Gasteiger partial charge is 0.236 e. The molecule has 1 saturated heterocycles. The van der Waals surface area contributed by atoms with Crippen LogP contribution in [0.15, 0.2) is 30.5 Å². The van der Waals surface area contributed by atoms with Crippen LogP contribution < -0.4 is 4.74 Å². The first-order chi connectivity index (χ1) is 14.6. The summed E-state index contributed by atoms with van der Waals surface area (Å²) in [5.41, 5.74) is 3.00. The maximum Gasteiger partial charge on any atom is 0.236 e. The standard InChI is InChI=1S/C23H28N4O3/c1-17-24-14-18-6-12-30-23(22(18)25-17)7-9-27(10-8-23)21(28)16-26-11-13-29-20-5-3-2-4-19(20)15-26/h2-5,14H,6-13,15-16H2,1H3. The Balaban J connectivity index is 1.24. The predicted molar refractivity (Wildman–Crippen MR) is 111 cm³/mol. The number of fused-ring (bicyclic) bond motifs is 3. The van der Waals surface area contributed by atoms with Gasteiger partial charge in [0, 0.05) is 37.9 Å². The largest absolute Gasteiger partial charge is 0.492 e. The van der Waals surface area contributed by atoms with E-state index in [1.807, 2.05) is 36.2 Å². The molecule has 0 atom stereocenters. The first-order valence-electron chi connectivity index (χ1n) is 10.8. The van der Waals surface area contributed by atoms with E-state index in [0.29, 0.717) is 32.8 Å². The number of hydrogen-bond acceptors (Lipinski definition) is 6. The Kier molecular flexibility index (Phi) is 5.16. The van der Waals surface area contributed by atoms with Gasteiger partial charge in [-0.05, 0) is 37.8 Å². The fourth-order valence-electron chi connectivity index (χ4n) is 4.80. The maximum atomic E-state index is 13.0. The lowest BCUT2D eigenvalue weighted by molar-refractivity contribution is -0.142. The number of piperidine rings is 1. The number of aromatic nitrogens is 2. The zero-order valence-electron chi connectivity index (χ0n) is 17.5. The number of nitrogens with zero attached hydrogens (tertiary/aromatic N) is 4. The molecule has 158 valence electrons. The number of para-hydroxylation sites is 1. The third kappa shape index (κ3) is 3.68. The van der Waals surface area contributed by atoms with Crippen molar-refractivity contribution in [2.75, 3.05) is 39.4 Å². The van der Waals surface area contributed by atoms with Crippen LogP contribution in [0.2, 0.25) is 0 Å². The molecule has 1 aromatic heterocycles. The minimum Gasteiger partial charge on any atom is -0.492 e. The summed E-state index contributed by atoms with van der Waals surface area (Å²) >= 11 is 0. The summed E-state index contributed by atoms with van der Waals surface area (Å²) in [5.74, 6) is 1.89. The molecule has 1 amide bonds. The van der Waals surface area contributed by atoms with Crippen molar-refractivity contribution in [2.45, 2.75) is 38.3 Å². The topological polar surface area (TPSA) is 67.8 Å². The molecule has 5 rings (SSSR count). The van der Waals surface area contributed by atoms with Crippen molar-refractivity contribution in [3.8, 4) is 5.75 Å². The van der Waals surface area contributed by atoms with Crippen LogP contribution in [0.5, 0.6) is 5.75 Å². The number of benzene rings is 1. The van der Waals surface area contributed by atoms with E-state index < -0.39 is 0 Å². The number of rotatable bonds is 2. The average molecular weight is 409 g/mol. The van der Waals surface area contributed by atoms with Gasteiger partial charge in [0.1, 0.15) is 23.8 Å². The summed E-state index contributed by atoms with van der Waals surface area (Å²) in [5, 5.41) is 0. The molecule has 3 aliphatic heterocycles. The first kappa shape index (κ1) is 19.5. The molecule has 0 N–H and O–H groups in total. The third-order valence-corrected chi connectivity index (χ3v) is 6.48. The molecule has 0 radical (unpaired) electrons. The van der Waals surface area contributed by atoms with Crippen LogP contribution in [0, 0.1) is 6.92 Å². The lowest BCUT2D eigenvalue weighted by Gasteiger charge is -2.44. The van der Waals surface area contributed by atoms with Crippen molar-refractivity contribution in [3.05, 3.63) is 53.1 Å². The number of hydrogen-bond donors (Lipinski definition) is 0. The Morgan fingerprint density at radius 3 is 2.83 bits per heavy atom. The zero-order valence-corrected chi connectivity index (χ0v) is 17.5. The number of carbonyl (C=O) groups excluding carboxylic acids is 1. The van der Waals surface area contributed by atoms with E-state index in [1.54, 1.807) is 0 Å². The van der Waals surface area contributed by atoms with E-state index in [1.165, 1.54) is 5.56 Å². The summed E-state index contributed by atoms with van der Waals surface area (Å²) in [6.07, 6.45) is 4.37. The molecule has 30 heavy (non-hydrogen) atoms. The van der Waals surface area contributed by atoms with Crippen molar-refractivity contribution in [1.82, 2.24) is 19.8 Å². The van der Waals surface area contributed by atoms with Gasteiger partial charge >= 0.3 is 0 Å².